The van der Waals surface area contributed by atoms with Gasteiger partial charge < -0.3 is 10.3 Å². The lowest BCUT2D eigenvalue weighted by molar-refractivity contribution is 0.656. The highest BCUT2D eigenvalue weighted by atomic mass is 15.1. The number of rotatable bonds is 2. The number of hydrogen-bond donors (Lipinski definition) is 1. The maximum Gasteiger partial charge on any atom is 0.0997 e. The van der Waals surface area contributed by atoms with E-state index in [4.69, 9.17) is 5.73 Å². The quantitative estimate of drug-likeness (QED) is 0.878. The van der Waals surface area contributed by atoms with Crippen molar-refractivity contribution in [2.45, 2.75) is 38.6 Å². The van der Waals surface area contributed by atoms with Gasteiger partial charge >= 0.3 is 0 Å². The Kier molecular flexibility index (Phi) is 2.92. The molecule has 0 bridgehead atoms. The van der Waals surface area contributed by atoms with Crippen molar-refractivity contribution >= 4 is 0 Å². The lowest BCUT2D eigenvalue weighted by Gasteiger charge is -2.14. The summed E-state index contributed by atoms with van der Waals surface area (Å²) in [4.78, 5) is 4.53. The molecule has 0 spiro atoms. The van der Waals surface area contributed by atoms with Crippen molar-refractivity contribution in [3.63, 3.8) is 0 Å². The van der Waals surface area contributed by atoms with Crippen LogP contribution >= 0.6 is 0 Å². The molecule has 0 radical (unpaired) electrons. The molecule has 0 fully saturated rings. The Balaban J connectivity index is 1.97. The molecule has 94 valence electrons. The molecule has 1 heterocycles. The van der Waals surface area contributed by atoms with E-state index in [0.29, 0.717) is 0 Å². The minimum absolute atomic E-state index is 0.0933. The molecule has 18 heavy (non-hydrogen) atoms. The third-order valence-electron chi connectivity index (χ3n) is 3.73. The van der Waals surface area contributed by atoms with E-state index < -0.39 is 0 Å². The van der Waals surface area contributed by atoms with Gasteiger partial charge in [-0.05, 0) is 50.3 Å². The lowest BCUT2D eigenvalue weighted by atomic mass is 10.0. The fourth-order valence-electron chi connectivity index (χ4n) is 2.63. The van der Waals surface area contributed by atoms with Gasteiger partial charge in [-0.3, -0.25) is 0 Å². The van der Waals surface area contributed by atoms with Crippen LogP contribution in [-0.2, 0) is 12.8 Å². The molecule has 0 saturated carbocycles. The van der Waals surface area contributed by atoms with E-state index in [0.717, 1.165) is 12.8 Å². The molecule has 1 atom stereocenters. The van der Waals surface area contributed by atoms with E-state index >= 15 is 0 Å². The van der Waals surface area contributed by atoms with Crippen LogP contribution in [0.25, 0.3) is 5.69 Å². The Labute approximate surface area is 108 Å². The Hall–Kier alpha value is -1.61. The van der Waals surface area contributed by atoms with Crippen molar-refractivity contribution < 1.29 is 0 Å². The number of fused-ring (bicyclic) bond motifs is 1. The number of nitrogens with two attached hydrogens (primary N) is 1. The van der Waals surface area contributed by atoms with Crippen LogP contribution in [0.15, 0.2) is 30.6 Å². The van der Waals surface area contributed by atoms with E-state index in [1.165, 1.54) is 35.5 Å². The van der Waals surface area contributed by atoms with Gasteiger partial charge in [-0.25, -0.2) is 4.98 Å². The summed E-state index contributed by atoms with van der Waals surface area (Å²) in [6.07, 6.45) is 6.77. The second-order valence-electron chi connectivity index (χ2n) is 5.10. The van der Waals surface area contributed by atoms with Crippen molar-refractivity contribution in [1.29, 1.82) is 0 Å². The third kappa shape index (κ3) is 1.95. The summed E-state index contributed by atoms with van der Waals surface area (Å²) in [5.74, 6) is 0. The van der Waals surface area contributed by atoms with Gasteiger partial charge in [0.15, 0.2) is 0 Å². The van der Waals surface area contributed by atoms with Crippen LogP contribution in [0.3, 0.4) is 0 Å². The molecule has 0 unspecified atom stereocenters. The summed E-state index contributed by atoms with van der Waals surface area (Å²) in [7, 11) is 0. The molecule has 3 heteroatoms. The van der Waals surface area contributed by atoms with Crippen LogP contribution in [0.2, 0.25) is 0 Å². The average molecular weight is 241 g/mol. The highest BCUT2D eigenvalue weighted by molar-refractivity contribution is 5.38. The normalized spacial score (nSPS) is 16.3. The smallest absolute Gasteiger partial charge is 0.0997 e. The topological polar surface area (TPSA) is 43.8 Å². The van der Waals surface area contributed by atoms with E-state index in [1.807, 2.05) is 13.3 Å². The maximum absolute atomic E-state index is 5.87. The highest BCUT2D eigenvalue weighted by Gasteiger charge is 2.15. The maximum atomic E-state index is 5.87. The molecule has 0 aliphatic heterocycles. The molecule has 3 nitrogen and oxygen atoms in total. The molecule has 2 aromatic rings. The predicted octanol–water partition coefficient (Wildman–Crippen LogP) is 2.77. The van der Waals surface area contributed by atoms with Crippen LogP contribution in [-0.4, -0.2) is 9.55 Å². The summed E-state index contributed by atoms with van der Waals surface area (Å²) in [6, 6.07) is 8.57. The molecule has 0 amide bonds. The van der Waals surface area contributed by atoms with Crippen LogP contribution in [0.5, 0.6) is 0 Å². The van der Waals surface area contributed by atoms with Gasteiger partial charge in [0, 0.05) is 17.4 Å². The second kappa shape index (κ2) is 4.58. The standard InChI is InChI=1S/C15H19N3/c1-11(16)12-6-8-13(9-7-12)18-10-17-14-4-2-3-5-15(14)18/h6-11H,2-5,16H2,1H3/t11-/m0/s1. The van der Waals surface area contributed by atoms with Crippen molar-refractivity contribution in [2.24, 2.45) is 5.73 Å². The Morgan fingerprint density at radius 2 is 1.89 bits per heavy atom. The Morgan fingerprint density at radius 1 is 1.17 bits per heavy atom. The van der Waals surface area contributed by atoms with Gasteiger partial charge in [0.05, 0.1) is 12.0 Å². The van der Waals surface area contributed by atoms with Gasteiger partial charge in [-0.2, -0.15) is 0 Å². The number of imidazole rings is 1. The van der Waals surface area contributed by atoms with Crippen molar-refractivity contribution in [3.8, 4) is 5.69 Å². The molecular weight excluding hydrogens is 222 g/mol. The first-order chi connectivity index (χ1) is 8.75. The molecule has 2 N–H and O–H groups in total. The fraction of sp³-hybridized carbons (Fsp3) is 0.400. The molecule has 0 saturated heterocycles. The first kappa shape index (κ1) is 11.5. The first-order valence-electron chi connectivity index (χ1n) is 6.67. The molecular formula is C15H19N3. The van der Waals surface area contributed by atoms with Crippen molar-refractivity contribution in [3.05, 3.63) is 47.5 Å². The van der Waals surface area contributed by atoms with E-state index in [2.05, 4.69) is 33.8 Å². The minimum Gasteiger partial charge on any atom is -0.324 e. The summed E-state index contributed by atoms with van der Waals surface area (Å²) >= 11 is 0. The monoisotopic (exact) mass is 241 g/mol. The molecule has 3 rings (SSSR count). The van der Waals surface area contributed by atoms with Crippen LogP contribution in [0.1, 0.15) is 42.8 Å². The van der Waals surface area contributed by atoms with E-state index in [-0.39, 0.29) is 6.04 Å². The van der Waals surface area contributed by atoms with Crippen LogP contribution < -0.4 is 5.73 Å². The van der Waals surface area contributed by atoms with Crippen LogP contribution in [0.4, 0.5) is 0 Å². The zero-order chi connectivity index (χ0) is 12.5. The largest absolute Gasteiger partial charge is 0.324 e. The molecule has 1 aliphatic carbocycles. The summed E-state index contributed by atoms with van der Waals surface area (Å²) in [5, 5.41) is 0. The van der Waals surface area contributed by atoms with Crippen LogP contribution in [0, 0.1) is 0 Å². The van der Waals surface area contributed by atoms with Gasteiger partial charge in [0.1, 0.15) is 0 Å². The summed E-state index contributed by atoms with van der Waals surface area (Å²) in [6.45, 7) is 2.01. The number of aromatic nitrogens is 2. The number of hydrogen-bond acceptors (Lipinski definition) is 2. The van der Waals surface area contributed by atoms with Gasteiger partial charge in [-0.1, -0.05) is 12.1 Å². The summed E-state index contributed by atoms with van der Waals surface area (Å²) < 4.78 is 2.22. The first-order valence-corrected chi connectivity index (χ1v) is 6.67. The molecule has 1 aliphatic rings. The highest BCUT2D eigenvalue weighted by Crippen LogP contribution is 2.23. The minimum atomic E-state index is 0.0933. The lowest BCUT2D eigenvalue weighted by Crippen LogP contribution is -2.08. The van der Waals surface area contributed by atoms with Gasteiger partial charge in [0.25, 0.3) is 0 Å². The van der Waals surface area contributed by atoms with Gasteiger partial charge in [0.2, 0.25) is 0 Å². The van der Waals surface area contributed by atoms with Crippen molar-refractivity contribution in [2.75, 3.05) is 0 Å². The van der Waals surface area contributed by atoms with E-state index in [9.17, 15) is 0 Å². The average Bonchev–Trinajstić information content (AvgIpc) is 2.82. The zero-order valence-corrected chi connectivity index (χ0v) is 10.8. The second-order valence-corrected chi connectivity index (χ2v) is 5.10. The predicted molar refractivity (Wildman–Crippen MR) is 72.8 cm³/mol. The van der Waals surface area contributed by atoms with E-state index in [1.54, 1.807) is 0 Å². The zero-order valence-electron chi connectivity index (χ0n) is 10.8. The Morgan fingerprint density at radius 3 is 2.61 bits per heavy atom. The number of aryl methyl sites for hydroxylation is 1. The number of benzene rings is 1. The van der Waals surface area contributed by atoms with Crippen molar-refractivity contribution in [1.82, 2.24) is 9.55 Å². The SMILES string of the molecule is C[C@H](N)c1ccc(-n2cnc3c2CCCC3)cc1. The molecule has 1 aromatic carbocycles. The molecule has 1 aromatic heterocycles. The summed E-state index contributed by atoms with van der Waals surface area (Å²) in [5.41, 5.74) is 10.9. The fourth-order valence-corrected chi connectivity index (χ4v) is 2.63. The third-order valence-corrected chi connectivity index (χ3v) is 3.73. The van der Waals surface area contributed by atoms with Gasteiger partial charge in [-0.15, -0.1) is 0 Å². The number of nitrogens with zero attached hydrogens (tertiary/aromatic N) is 2. The Bertz CT molecular complexity index is 537.